The monoisotopic (exact) mass is 283 g/mol. The number of halogens is 1. The minimum absolute atomic E-state index is 0.131. The highest BCUT2D eigenvalue weighted by molar-refractivity contribution is 6.19. The van der Waals surface area contributed by atoms with Crippen molar-refractivity contribution in [1.82, 2.24) is 5.32 Å². The molecule has 1 saturated carbocycles. The third-order valence-corrected chi connectivity index (χ3v) is 4.12. The van der Waals surface area contributed by atoms with Gasteiger partial charge in [0, 0.05) is 17.5 Å². The summed E-state index contributed by atoms with van der Waals surface area (Å²) < 4.78 is 0. The van der Waals surface area contributed by atoms with Crippen LogP contribution in [0.2, 0.25) is 0 Å². The maximum absolute atomic E-state index is 12.2. The lowest BCUT2D eigenvalue weighted by Gasteiger charge is -2.36. The summed E-state index contributed by atoms with van der Waals surface area (Å²) in [6, 6.07) is 3.86. The van der Waals surface area contributed by atoms with E-state index < -0.39 is 0 Å². The first-order valence-electron chi connectivity index (χ1n) is 6.46. The summed E-state index contributed by atoms with van der Waals surface area (Å²) in [5.41, 5.74) is -0.120. The zero-order valence-corrected chi connectivity index (χ0v) is 11.4. The lowest BCUT2D eigenvalue weighted by atomic mass is 9.83. The highest BCUT2D eigenvalue weighted by Crippen LogP contribution is 2.30. The molecule has 1 aliphatic rings. The number of carbonyl (C=O) groups is 1. The third-order valence-electron chi connectivity index (χ3n) is 3.61. The number of amides is 1. The van der Waals surface area contributed by atoms with Gasteiger partial charge in [-0.05, 0) is 25.0 Å². The Kier molecular flexibility index (Phi) is 4.20. The van der Waals surface area contributed by atoms with E-state index in [1.54, 1.807) is 0 Å². The van der Waals surface area contributed by atoms with Gasteiger partial charge in [-0.15, -0.1) is 11.6 Å². The van der Waals surface area contributed by atoms with E-state index in [1.165, 1.54) is 24.6 Å². The first kappa shape index (κ1) is 14.0. The molecule has 1 aromatic rings. The first-order chi connectivity index (χ1) is 9.04. The highest BCUT2D eigenvalue weighted by Gasteiger charge is 2.33. The number of phenols is 2. The van der Waals surface area contributed by atoms with Crippen LogP contribution in [-0.4, -0.2) is 27.5 Å². The number of benzene rings is 1. The quantitative estimate of drug-likeness (QED) is 0.747. The first-order valence-corrected chi connectivity index (χ1v) is 7.00. The molecule has 0 radical (unpaired) electrons. The molecule has 3 N–H and O–H groups in total. The number of hydrogen-bond donors (Lipinski definition) is 3. The molecule has 1 fully saturated rings. The molecule has 1 amide bonds. The maximum Gasteiger partial charge on any atom is 0.252 e. The Morgan fingerprint density at radius 1 is 1.16 bits per heavy atom. The van der Waals surface area contributed by atoms with Crippen LogP contribution in [0.4, 0.5) is 0 Å². The fourth-order valence-corrected chi connectivity index (χ4v) is 2.89. The van der Waals surface area contributed by atoms with Crippen molar-refractivity contribution in [3.8, 4) is 11.5 Å². The largest absolute Gasteiger partial charge is 0.508 e. The standard InChI is InChI=1S/C14H18ClNO3/c15-9-14(4-2-1-3-5-14)16-13(19)10-6-11(17)8-12(18)7-10/h6-8,17-18H,1-5,9H2,(H,16,19). The van der Waals surface area contributed by atoms with Crippen LogP contribution in [0.1, 0.15) is 42.5 Å². The second-order valence-electron chi connectivity index (χ2n) is 5.17. The molecule has 4 nitrogen and oxygen atoms in total. The molecular formula is C14H18ClNO3. The van der Waals surface area contributed by atoms with E-state index in [1.807, 2.05) is 0 Å². The topological polar surface area (TPSA) is 69.6 Å². The minimum Gasteiger partial charge on any atom is -0.508 e. The zero-order chi connectivity index (χ0) is 13.9. The van der Waals surface area contributed by atoms with Crippen LogP contribution in [0.15, 0.2) is 18.2 Å². The SMILES string of the molecule is O=C(NC1(CCl)CCCCC1)c1cc(O)cc(O)c1. The van der Waals surface area contributed by atoms with Crippen molar-refractivity contribution in [3.63, 3.8) is 0 Å². The second kappa shape index (κ2) is 5.70. The number of nitrogens with one attached hydrogen (secondary N) is 1. The molecule has 0 saturated heterocycles. The van der Waals surface area contributed by atoms with E-state index in [2.05, 4.69) is 5.32 Å². The van der Waals surface area contributed by atoms with Gasteiger partial charge in [0.15, 0.2) is 0 Å². The Hall–Kier alpha value is -1.42. The van der Waals surface area contributed by atoms with Gasteiger partial charge in [0.05, 0.1) is 5.54 Å². The Balaban J connectivity index is 2.15. The van der Waals surface area contributed by atoms with E-state index >= 15 is 0 Å². The Morgan fingerprint density at radius 3 is 2.26 bits per heavy atom. The molecule has 104 valence electrons. The summed E-state index contributed by atoms with van der Waals surface area (Å²) in [5.74, 6) is -0.194. The van der Waals surface area contributed by atoms with Gasteiger partial charge in [-0.2, -0.15) is 0 Å². The van der Waals surface area contributed by atoms with Crippen molar-refractivity contribution in [3.05, 3.63) is 23.8 Å². The fraction of sp³-hybridized carbons (Fsp3) is 0.500. The molecule has 0 aliphatic heterocycles. The minimum atomic E-state index is -0.363. The van der Waals surface area contributed by atoms with Crippen LogP contribution in [0.3, 0.4) is 0 Å². The van der Waals surface area contributed by atoms with Crippen molar-refractivity contribution >= 4 is 17.5 Å². The summed E-state index contributed by atoms with van der Waals surface area (Å²) in [7, 11) is 0. The molecule has 0 unspecified atom stereocenters. The van der Waals surface area contributed by atoms with E-state index in [4.69, 9.17) is 11.6 Å². The second-order valence-corrected chi connectivity index (χ2v) is 5.43. The molecule has 0 atom stereocenters. The fourth-order valence-electron chi connectivity index (χ4n) is 2.56. The molecule has 0 spiro atoms. The molecule has 1 aromatic carbocycles. The van der Waals surface area contributed by atoms with Gasteiger partial charge in [-0.1, -0.05) is 19.3 Å². The summed E-state index contributed by atoms with van der Waals surface area (Å²) in [6.45, 7) is 0. The number of alkyl halides is 1. The number of rotatable bonds is 3. The average Bonchev–Trinajstić information content (AvgIpc) is 2.38. The predicted octanol–water partition coefficient (Wildman–Crippen LogP) is 2.77. The molecule has 0 bridgehead atoms. The molecule has 0 heterocycles. The molecular weight excluding hydrogens is 266 g/mol. The lowest BCUT2D eigenvalue weighted by molar-refractivity contribution is 0.0884. The smallest absolute Gasteiger partial charge is 0.252 e. The Labute approximate surface area is 117 Å². The van der Waals surface area contributed by atoms with Crippen LogP contribution in [0.5, 0.6) is 11.5 Å². The van der Waals surface area contributed by atoms with Crippen molar-refractivity contribution in [1.29, 1.82) is 0 Å². The van der Waals surface area contributed by atoms with Gasteiger partial charge in [-0.25, -0.2) is 0 Å². The van der Waals surface area contributed by atoms with Crippen molar-refractivity contribution in [2.24, 2.45) is 0 Å². The molecule has 2 rings (SSSR count). The van der Waals surface area contributed by atoms with E-state index in [-0.39, 0.29) is 28.5 Å². The Bertz CT molecular complexity index is 450. The van der Waals surface area contributed by atoms with Gasteiger partial charge >= 0.3 is 0 Å². The molecule has 5 heteroatoms. The summed E-state index contributed by atoms with van der Waals surface area (Å²) in [6.07, 6.45) is 5.01. The summed E-state index contributed by atoms with van der Waals surface area (Å²) >= 11 is 6.02. The Morgan fingerprint density at radius 2 is 1.74 bits per heavy atom. The molecule has 0 aromatic heterocycles. The van der Waals surface area contributed by atoms with E-state index in [9.17, 15) is 15.0 Å². The van der Waals surface area contributed by atoms with E-state index in [0.29, 0.717) is 5.88 Å². The van der Waals surface area contributed by atoms with Crippen LogP contribution >= 0.6 is 11.6 Å². The molecule has 19 heavy (non-hydrogen) atoms. The highest BCUT2D eigenvalue weighted by atomic mass is 35.5. The van der Waals surface area contributed by atoms with Gasteiger partial charge in [0.25, 0.3) is 5.91 Å². The van der Waals surface area contributed by atoms with Gasteiger partial charge in [-0.3, -0.25) is 4.79 Å². The van der Waals surface area contributed by atoms with Crippen LogP contribution in [0.25, 0.3) is 0 Å². The van der Waals surface area contributed by atoms with Gasteiger partial charge < -0.3 is 15.5 Å². The average molecular weight is 284 g/mol. The predicted molar refractivity (Wildman–Crippen MR) is 73.8 cm³/mol. The number of hydrogen-bond acceptors (Lipinski definition) is 3. The van der Waals surface area contributed by atoms with Gasteiger partial charge in [0.1, 0.15) is 11.5 Å². The normalized spacial score (nSPS) is 17.9. The van der Waals surface area contributed by atoms with Crippen molar-refractivity contribution in [2.45, 2.75) is 37.6 Å². The number of phenolic OH excluding ortho intramolecular Hbond substituents is 2. The van der Waals surface area contributed by atoms with E-state index in [0.717, 1.165) is 25.7 Å². The maximum atomic E-state index is 12.2. The number of carbonyl (C=O) groups excluding carboxylic acids is 1. The molecule has 1 aliphatic carbocycles. The van der Waals surface area contributed by atoms with Crippen molar-refractivity contribution < 1.29 is 15.0 Å². The zero-order valence-electron chi connectivity index (χ0n) is 10.7. The van der Waals surface area contributed by atoms with Crippen LogP contribution in [-0.2, 0) is 0 Å². The summed E-state index contributed by atoms with van der Waals surface area (Å²) in [4.78, 5) is 12.2. The van der Waals surface area contributed by atoms with Gasteiger partial charge in [0.2, 0.25) is 0 Å². The van der Waals surface area contributed by atoms with Crippen LogP contribution in [0, 0.1) is 0 Å². The number of aromatic hydroxyl groups is 2. The summed E-state index contributed by atoms with van der Waals surface area (Å²) in [5, 5.41) is 21.8. The third kappa shape index (κ3) is 3.32. The lowest BCUT2D eigenvalue weighted by Crippen LogP contribution is -2.51. The van der Waals surface area contributed by atoms with Crippen LogP contribution < -0.4 is 5.32 Å². The van der Waals surface area contributed by atoms with Crippen molar-refractivity contribution in [2.75, 3.05) is 5.88 Å².